The molecule has 2 aromatic carbocycles. The number of benzene rings is 2. The molecule has 0 saturated heterocycles. The topological polar surface area (TPSA) is 55.4 Å². The first-order valence-corrected chi connectivity index (χ1v) is 7.72. The fourth-order valence-electron chi connectivity index (χ4n) is 2.11. The summed E-state index contributed by atoms with van der Waals surface area (Å²) in [5.74, 6) is -2.34. The quantitative estimate of drug-likeness (QED) is 0.804. The number of ether oxygens (including phenoxy) is 1. The molecule has 2 rings (SSSR count). The van der Waals surface area contributed by atoms with Gasteiger partial charge in [0.1, 0.15) is 5.82 Å². The molecule has 1 N–H and O–H groups in total. The van der Waals surface area contributed by atoms with E-state index < -0.39 is 24.3 Å². The fraction of sp³-hybridized carbons (Fsp3) is 0.176. The van der Waals surface area contributed by atoms with Crippen LogP contribution in [0.25, 0.3) is 0 Å². The van der Waals surface area contributed by atoms with E-state index in [1.54, 1.807) is 13.0 Å². The molecule has 126 valence electrons. The Kier molecular flexibility index (Phi) is 5.80. The van der Waals surface area contributed by atoms with Gasteiger partial charge in [-0.2, -0.15) is 0 Å². The van der Waals surface area contributed by atoms with Crippen LogP contribution >= 0.6 is 23.2 Å². The van der Waals surface area contributed by atoms with Gasteiger partial charge < -0.3 is 10.1 Å². The van der Waals surface area contributed by atoms with E-state index in [-0.39, 0.29) is 10.6 Å². The van der Waals surface area contributed by atoms with Crippen LogP contribution < -0.4 is 5.32 Å². The third-order valence-electron chi connectivity index (χ3n) is 3.18. The van der Waals surface area contributed by atoms with Gasteiger partial charge in [-0.15, -0.1) is 0 Å². The summed E-state index contributed by atoms with van der Waals surface area (Å²) in [4.78, 5) is 23.7. The summed E-state index contributed by atoms with van der Waals surface area (Å²) >= 11 is 11.7. The highest BCUT2D eigenvalue weighted by Crippen LogP contribution is 2.27. The van der Waals surface area contributed by atoms with Crippen LogP contribution in [0.15, 0.2) is 30.3 Å². The molecule has 0 spiro atoms. The maximum Gasteiger partial charge on any atom is 0.341 e. The van der Waals surface area contributed by atoms with Crippen molar-refractivity contribution >= 4 is 40.8 Å². The predicted molar refractivity (Wildman–Crippen MR) is 91.2 cm³/mol. The zero-order valence-electron chi connectivity index (χ0n) is 13.0. The Balaban J connectivity index is 2.00. The number of aryl methyl sites for hydroxylation is 2. The average molecular weight is 370 g/mol. The van der Waals surface area contributed by atoms with Gasteiger partial charge in [0.25, 0.3) is 5.91 Å². The standard InChI is InChI=1S/C17H14Cl2FNO3/c1-9-5-10(2)16(13(19)6-9)21-15(22)8-24-17(23)12-4-3-11(18)7-14(12)20/h3-7H,8H2,1-2H3,(H,21,22). The smallest absolute Gasteiger partial charge is 0.341 e. The van der Waals surface area contributed by atoms with E-state index in [1.165, 1.54) is 12.1 Å². The van der Waals surface area contributed by atoms with Gasteiger partial charge in [0.05, 0.1) is 16.3 Å². The first-order chi connectivity index (χ1) is 11.3. The van der Waals surface area contributed by atoms with Crippen molar-refractivity contribution in [1.29, 1.82) is 0 Å². The number of hydrogen-bond acceptors (Lipinski definition) is 3. The lowest BCUT2D eigenvalue weighted by Crippen LogP contribution is -2.22. The van der Waals surface area contributed by atoms with Crippen LogP contribution in [0.4, 0.5) is 10.1 Å². The lowest BCUT2D eigenvalue weighted by atomic mass is 10.1. The van der Waals surface area contributed by atoms with E-state index in [4.69, 9.17) is 27.9 Å². The Morgan fingerprint density at radius 3 is 2.50 bits per heavy atom. The fourth-order valence-corrected chi connectivity index (χ4v) is 2.64. The van der Waals surface area contributed by atoms with Crippen molar-refractivity contribution < 1.29 is 18.7 Å². The number of carbonyl (C=O) groups is 2. The Morgan fingerprint density at radius 2 is 1.88 bits per heavy atom. The normalized spacial score (nSPS) is 10.4. The highest BCUT2D eigenvalue weighted by atomic mass is 35.5. The maximum absolute atomic E-state index is 13.6. The third-order valence-corrected chi connectivity index (χ3v) is 3.71. The Labute approximate surface area is 148 Å². The summed E-state index contributed by atoms with van der Waals surface area (Å²) in [5, 5.41) is 3.12. The molecular formula is C17H14Cl2FNO3. The number of anilines is 1. The first kappa shape index (κ1) is 18.2. The maximum atomic E-state index is 13.6. The second-order valence-electron chi connectivity index (χ2n) is 5.19. The molecule has 7 heteroatoms. The van der Waals surface area contributed by atoms with E-state index in [9.17, 15) is 14.0 Å². The lowest BCUT2D eigenvalue weighted by Gasteiger charge is -2.12. The minimum absolute atomic E-state index is 0.159. The summed E-state index contributed by atoms with van der Waals surface area (Å²) in [6.07, 6.45) is 0. The van der Waals surface area contributed by atoms with E-state index in [0.717, 1.165) is 17.2 Å². The van der Waals surface area contributed by atoms with Crippen LogP contribution in [0.2, 0.25) is 10.0 Å². The van der Waals surface area contributed by atoms with Gasteiger partial charge >= 0.3 is 5.97 Å². The van der Waals surface area contributed by atoms with Crippen molar-refractivity contribution in [2.75, 3.05) is 11.9 Å². The molecule has 4 nitrogen and oxygen atoms in total. The number of hydrogen-bond donors (Lipinski definition) is 1. The van der Waals surface area contributed by atoms with Crippen molar-refractivity contribution in [1.82, 2.24) is 0 Å². The van der Waals surface area contributed by atoms with E-state index in [1.807, 2.05) is 13.0 Å². The van der Waals surface area contributed by atoms with E-state index >= 15 is 0 Å². The molecule has 0 atom stereocenters. The SMILES string of the molecule is Cc1cc(C)c(NC(=O)COC(=O)c2ccc(Cl)cc2F)c(Cl)c1. The summed E-state index contributed by atoms with van der Waals surface area (Å²) in [6, 6.07) is 7.11. The number of esters is 1. The Morgan fingerprint density at radius 1 is 1.17 bits per heavy atom. The molecule has 1 amide bonds. The average Bonchev–Trinajstić information content (AvgIpc) is 2.48. The molecule has 0 bridgehead atoms. The molecular weight excluding hydrogens is 356 g/mol. The number of amides is 1. The van der Waals surface area contributed by atoms with Crippen molar-refractivity contribution in [2.45, 2.75) is 13.8 Å². The molecule has 2 aromatic rings. The molecule has 0 saturated carbocycles. The molecule has 0 aliphatic carbocycles. The van der Waals surface area contributed by atoms with Crippen molar-refractivity contribution in [2.24, 2.45) is 0 Å². The minimum Gasteiger partial charge on any atom is -0.452 e. The Bertz CT molecular complexity index is 785. The molecule has 0 aliphatic heterocycles. The zero-order valence-corrected chi connectivity index (χ0v) is 14.5. The second kappa shape index (κ2) is 7.64. The third kappa shape index (κ3) is 4.46. The lowest BCUT2D eigenvalue weighted by molar-refractivity contribution is -0.119. The van der Waals surface area contributed by atoms with Gasteiger partial charge in [0.2, 0.25) is 0 Å². The first-order valence-electron chi connectivity index (χ1n) is 6.96. The number of carbonyl (C=O) groups excluding carboxylic acids is 2. The van der Waals surface area contributed by atoms with Gasteiger partial charge in [0.15, 0.2) is 6.61 Å². The van der Waals surface area contributed by atoms with Gasteiger partial charge in [-0.25, -0.2) is 9.18 Å². The molecule has 0 aliphatic rings. The zero-order chi connectivity index (χ0) is 17.9. The van der Waals surface area contributed by atoms with Crippen LogP contribution in [0.3, 0.4) is 0 Å². The predicted octanol–water partition coefficient (Wildman–Crippen LogP) is 4.54. The van der Waals surface area contributed by atoms with Crippen LogP contribution in [0, 0.1) is 19.7 Å². The summed E-state index contributed by atoms with van der Waals surface area (Å²) in [5.41, 5.74) is 1.89. The van der Waals surface area contributed by atoms with E-state index in [2.05, 4.69) is 5.32 Å². The van der Waals surface area contributed by atoms with Crippen molar-refractivity contribution in [3.63, 3.8) is 0 Å². The van der Waals surface area contributed by atoms with Crippen molar-refractivity contribution in [3.05, 3.63) is 62.9 Å². The number of rotatable bonds is 4. The van der Waals surface area contributed by atoms with E-state index in [0.29, 0.717) is 10.7 Å². The monoisotopic (exact) mass is 369 g/mol. The largest absolute Gasteiger partial charge is 0.452 e. The van der Waals surface area contributed by atoms with Crippen LogP contribution in [-0.2, 0) is 9.53 Å². The van der Waals surface area contributed by atoms with Gasteiger partial charge in [-0.05, 0) is 49.2 Å². The molecule has 24 heavy (non-hydrogen) atoms. The molecule has 0 heterocycles. The summed E-state index contributed by atoms with van der Waals surface area (Å²) in [7, 11) is 0. The van der Waals surface area contributed by atoms with Gasteiger partial charge in [-0.1, -0.05) is 29.3 Å². The number of nitrogens with one attached hydrogen (secondary N) is 1. The highest BCUT2D eigenvalue weighted by Gasteiger charge is 2.16. The van der Waals surface area contributed by atoms with Crippen LogP contribution in [0.5, 0.6) is 0 Å². The molecule has 0 fully saturated rings. The minimum atomic E-state index is -0.953. The molecule has 0 radical (unpaired) electrons. The van der Waals surface area contributed by atoms with Crippen molar-refractivity contribution in [3.8, 4) is 0 Å². The highest BCUT2D eigenvalue weighted by molar-refractivity contribution is 6.34. The number of halogens is 3. The Hall–Kier alpha value is -2.11. The van der Waals surface area contributed by atoms with Crippen LogP contribution in [-0.4, -0.2) is 18.5 Å². The molecule has 0 aromatic heterocycles. The van der Waals surface area contributed by atoms with Gasteiger partial charge in [-0.3, -0.25) is 4.79 Å². The summed E-state index contributed by atoms with van der Waals surface area (Å²) < 4.78 is 18.4. The van der Waals surface area contributed by atoms with Gasteiger partial charge in [0, 0.05) is 5.02 Å². The summed E-state index contributed by atoms with van der Waals surface area (Å²) in [6.45, 7) is 3.11. The second-order valence-corrected chi connectivity index (χ2v) is 6.03. The van der Waals surface area contributed by atoms with Crippen LogP contribution in [0.1, 0.15) is 21.5 Å². The molecule has 0 unspecified atom stereocenters.